The van der Waals surface area contributed by atoms with Gasteiger partial charge in [-0.1, -0.05) is 12.1 Å². The van der Waals surface area contributed by atoms with Crippen LogP contribution in [0.2, 0.25) is 0 Å². The number of aliphatic imine (C=N–C) groups is 1. The highest BCUT2D eigenvalue weighted by Crippen LogP contribution is 2.45. The molecule has 0 aromatic heterocycles. The number of allylic oxidation sites excluding steroid dienone is 1. The third-order valence-electron chi connectivity index (χ3n) is 6.74. The summed E-state index contributed by atoms with van der Waals surface area (Å²) in [6.07, 6.45) is -3.53. The maximum atomic E-state index is 14.0. The Morgan fingerprint density at radius 2 is 1.97 bits per heavy atom. The molecule has 0 saturated carbocycles. The molecule has 14 heteroatoms. The number of nitrogens with zero attached hydrogens (tertiary/aromatic N) is 3. The number of ketones is 1. The van der Waals surface area contributed by atoms with Crippen LogP contribution in [0, 0.1) is 26.1 Å². The molecule has 1 aromatic rings. The number of nitro groups is 1. The molecule has 3 heterocycles. The van der Waals surface area contributed by atoms with E-state index in [4.69, 9.17) is 14.2 Å². The number of rotatable bonds is 8. The van der Waals surface area contributed by atoms with E-state index in [1.165, 1.54) is 31.2 Å². The first kappa shape index (κ1) is 26.3. The quantitative estimate of drug-likeness (QED) is 0.296. The number of fused-ring (bicyclic) bond motifs is 1. The molecule has 0 bridgehead atoms. The Bertz CT molecular complexity index is 1210. The number of benzene rings is 1. The van der Waals surface area contributed by atoms with E-state index in [1.54, 1.807) is 13.8 Å². The number of hydrogen-bond donors (Lipinski definition) is 1. The zero-order valence-electron chi connectivity index (χ0n) is 20.2. The fourth-order valence-electron chi connectivity index (χ4n) is 5.18. The van der Waals surface area contributed by atoms with Crippen molar-refractivity contribution in [3.63, 3.8) is 0 Å². The molecule has 2 saturated heterocycles. The van der Waals surface area contributed by atoms with Gasteiger partial charge in [0.15, 0.2) is 17.5 Å². The van der Waals surface area contributed by atoms with Crippen LogP contribution in [0.1, 0.15) is 32.3 Å². The van der Waals surface area contributed by atoms with E-state index in [-0.39, 0.29) is 35.7 Å². The van der Waals surface area contributed by atoms with Gasteiger partial charge >= 0.3 is 5.97 Å². The van der Waals surface area contributed by atoms with E-state index in [0.717, 1.165) is 0 Å². The number of ether oxygens (including phenoxy) is 3. The second-order valence-corrected chi connectivity index (χ2v) is 8.96. The van der Waals surface area contributed by atoms with Gasteiger partial charge < -0.3 is 24.2 Å². The molecule has 37 heavy (non-hydrogen) atoms. The van der Waals surface area contributed by atoms with Crippen LogP contribution in [0.3, 0.4) is 0 Å². The Hall–Kier alpha value is -3.75. The molecule has 2 unspecified atom stereocenters. The minimum absolute atomic E-state index is 0.0451. The molecule has 0 radical (unpaired) electrons. The third kappa shape index (κ3) is 4.58. The summed E-state index contributed by atoms with van der Waals surface area (Å²) < 4.78 is 16.3. The summed E-state index contributed by atoms with van der Waals surface area (Å²) in [6.45, 7) is 3.92. The first-order chi connectivity index (χ1) is 17.5. The first-order valence-electron chi connectivity index (χ1n) is 11.5. The minimum Gasteiger partial charge on any atom is -0.465 e. The highest BCUT2D eigenvalue weighted by molar-refractivity contribution is 6.11. The van der Waals surface area contributed by atoms with E-state index in [1.807, 2.05) is 0 Å². The number of nitro benzene ring substituents is 1. The summed E-state index contributed by atoms with van der Waals surface area (Å²) in [5.41, 5.74) is -1.83. The second-order valence-electron chi connectivity index (χ2n) is 8.96. The predicted octanol–water partition coefficient (Wildman–Crippen LogP) is 1.28. The van der Waals surface area contributed by atoms with Gasteiger partial charge in [0.05, 0.1) is 24.7 Å². The van der Waals surface area contributed by atoms with Gasteiger partial charge in [0.1, 0.15) is 18.1 Å². The molecule has 3 aliphatic heterocycles. The Labute approximate surface area is 210 Å². The summed E-state index contributed by atoms with van der Waals surface area (Å²) in [6, 6.07) is 5.49. The number of esters is 1. The summed E-state index contributed by atoms with van der Waals surface area (Å²) in [5, 5.41) is 32.8. The highest BCUT2D eigenvalue weighted by Gasteiger charge is 2.62. The van der Waals surface area contributed by atoms with E-state index in [2.05, 4.69) is 9.83 Å². The monoisotopic (exact) mass is 519 g/mol. The van der Waals surface area contributed by atoms with Gasteiger partial charge in [-0.15, -0.1) is 10.1 Å². The lowest BCUT2D eigenvalue weighted by Crippen LogP contribution is -2.53. The number of Topliss-reactive ketones (excluding diaryl/α,β-unsaturated/α-hetero) is 1. The Morgan fingerprint density at radius 1 is 1.24 bits per heavy atom. The molecule has 3 aliphatic rings. The summed E-state index contributed by atoms with van der Waals surface area (Å²) in [4.78, 5) is 57.7. The van der Waals surface area contributed by atoms with Crippen molar-refractivity contribution in [3.05, 3.63) is 61.3 Å². The zero-order valence-corrected chi connectivity index (χ0v) is 20.2. The van der Waals surface area contributed by atoms with Crippen molar-refractivity contribution in [2.75, 3.05) is 19.8 Å². The Morgan fingerprint density at radius 3 is 2.62 bits per heavy atom. The van der Waals surface area contributed by atoms with E-state index < -0.39 is 64.1 Å². The molecule has 1 aromatic carbocycles. The molecular formula is C23H25N3O11. The van der Waals surface area contributed by atoms with Crippen molar-refractivity contribution in [3.8, 4) is 0 Å². The SMILES string of the molecule is CCOC(=O)C1C(C)=NC(C)=C(C(=O)[C@]2(O)CO[C@@H]3[C@H](O[N+](=O)[O-])CO[C@@H]32)C1c1cccc([N+](=O)[O-])c1. The minimum atomic E-state index is -2.28. The molecule has 2 fully saturated rings. The molecule has 0 amide bonds. The normalized spacial score (nSPS) is 30.9. The predicted molar refractivity (Wildman–Crippen MR) is 123 cm³/mol. The molecule has 6 atom stereocenters. The highest BCUT2D eigenvalue weighted by atomic mass is 17.0. The van der Waals surface area contributed by atoms with Crippen molar-refractivity contribution >= 4 is 23.2 Å². The molecule has 0 spiro atoms. The molecule has 4 rings (SSSR count). The van der Waals surface area contributed by atoms with Crippen molar-refractivity contribution in [2.24, 2.45) is 10.9 Å². The van der Waals surface area contributed by atoms with Crippen molar-refractivity contribution in [1.82, 2.24) is 0 Å². The number of aliphatic hydroxyl groups is 1. The fraction of sp³-hybridized carbons (Fsp3) is 0.522. The third-order valence-corrected chi connectivity index (χ3v) is 6.74. The van der Waals surface area contributed by atoms with E-state index >= 15 is 0 Å². The van der Waals surface area contributed by atoms with Crippen LogP contribution < -0.4 is 0 Å². The van der Waals surface area contributed by atoms with Gasteiger partial charge in [0.2, 0.25) is 0 Å². The van der Waals surface area contributed by atoms with Crippen LogP contribution >= 0.6 is 0 Å². The van der Waals surface area contributed by atoms with Gasteiger partial charge in [-0.3, -0.25) is 24.7 Å². The number of carbonyl (C=O) groups is 2. The zero-order chi connectivity index (χ0) is 27.1. The Balaban J connectivity index is 1.80. The molecule has 0 aliphatic carbocycles. The summed E-state index contributed by atoms with van der Waals surface area (Å²) >= 11 is 0. The number of hydrogen-bond acceptors (Lipinski definition) is 12. The largest absolute Gasteiger partial charge is 0.465 e. The molecular weight excluding hydrogens is 494 g/mol. The van der Waals surface area contributed by atoms with Crippen LogP contribution in [0.4, 0.5) is 5.69 Å². The average molecular weight is 519 g/mol. The van der Waals surface area contributed by atoms with Crippen LogP contribution in [0.15, 0.2) is 40.5 Å². The van der Waals surface area contributed by atoms with Crippen LogP contribution in [0.25, 0.3) is 0 Å². The summed E-state index contributed by atoms with van der Waals surface area (Å²) in [7, 11) is 0. The fourth-order valence-corrected chi connectivity index (χ4v) is 5.18. The molecule has 1 N–H and O–H groups in total. The van der Waals surface area contributed by atoms with E-state index in [0.29, 0.717) is 5.71 Å². The molecule has 14 nitrogen and oxygen atoms in total. The van der Waals surface area contributed by atoms with Gasteiger partial charge in [0, 0.05) is 35.0 Å². The summed E-state index contributed by atoms with van der Waals surface area (Å²) in [5.74, 6) is -3.76. The number of non-ortho nitro benzene ring substituents is 1. The molecule has 198 valence electrons. The topological polar surface area (TPSA) is 190 Å². The lowest BCUT2D eigenvalue weighted by atomic mass is 9.71. The number of carbonyl (C=O) groups excluding carboxylic acids is 2. The smallest absolute Gasteiger partial charge is 0.315 e. The maximum absolute atomic E-state index is 14.0. The van der Waals surface area contributed by atoms with Crippen LogP contribution in [0.5, 0.6) is 0 Å². The second kappa shape index (κ2) is 9.95. The lowest BCUT2D eigenvalue weighted by Gasteiger charge is -2.35. The van der Waals surface area contributed by atoms with E-state index in [9.17, 15) is 34.9 Å². The standard InChI is InChI=1S/C23H25N3O11/c1-4-34-22(28)17-12(3)24-11(2)16(18(17)13-6-5-7-14(8-13)25(30)31)20(27)23(29)10-36-19-15(37-26(32)33)9-35-21(19)23/h5-8,15,17-19,21,29H,4,9-10H2,1-3H3/t15-,17?,18?,19-,21+,23-/m1/s1. The first-order valence-corrected chi connectivity index (χ1v) is 11.5. The van der Waals surface area contributed by atoms with Crippen LogP contribution in [-0.4, -0.2) is 76.3 Å². The van der Waals surface area contributed by atoms with Crippen molar-refractivity contribution in [2.45, 2.75) is 50.6 Å². The average Bonchev–Trinajstić information content (AvgIpc) is 3.39. The van der Waals surface area contributed by atoms with Gasteiger partial charge in [-0.05, 0) is 26.3 Å². The van der Waals surface area contributed by atoms with Gasteiger partial charge in [0.25, 0.3) is 10.8 Å². The van der Waals surface area contributed by atoms with Crippen molar-refractivity contribution in [1.29, 1.82) is 0 Å². The van der Waals surface area contributed by atoms with Gasteiger partial charge in [-0.25, -0.2) is 0 Å². The van der Waals surface area contributed by atoms with Gasteiger partial charge in [-0.2, -0.15) is 0 Å². The van der Waals surface area contributed by atoms with Crippen LogP contribution in [-0.2, 0) is 28.6 Å². The van der Waals surface area contributed by atoms with Crippen molar-refractivity contribution < 1.29 is 43.8 Å². The lowest BCUT2D eigenvalue weighted by molar-refractivity contribution is -0.769. The maximum Gasteiger partial charge on any atom is 0.315 e. The Kier molecular flexibility index (Phi) is 7.08.